The average Bonchev–Trinajstić information content (AvgIpc) is 3.19. The number of hydrogen-bond acceptors (Lipinski definition) is 3. The van der Waals surface area contributed by atoms with E-state index in [2.05, 4.69) is 20.9 Å². The van der Waals surface area contributed by atoms with E-state index in [4.69, 9.17) is 0 Å². The number of rotatable bonds is 5. The lowest BCUT2D eigenvalue weighted by atomic mass is 10.2. The lowest BCUT2D eigenvalue weighted by Crippen LogP contribution is -2.46. The largest absolute Gasteiger partial charge is 0.365 e. The predicted molar refractivity (Wildman–Crippen MR) is 122 cm³/mol. The second-order valence-electron chi connectivity index (χ2n) is 6.84. The molecule has 1 fully saturated rings. The molecule has 1 heterocycles. The maximum Gasteiger partial charge on any atom is 0.243 e. The summed E-state index contributed by atoms with van der Waals surface area (Å²) in [5.41, 5.74) is -0.588. The van der Waals surface area contributed by atoms with Crippen LogP contribution in [0.4, 0.5) is 33.3 Å². The molecule has 2 aromatic carbocycles. The van der Waals surface area contributed by atoms with Gasteiger partial charge >= 0.3 is 0 Å². The Morgan fingerprint density at radius 2 is 1.75 bits per heavy atom. The maximum absolute atomic E-state index is 14.0. The van der Waals surface area contributed by atoms with Crippen molar-refractivity contribution in [2.24, 2.45) is 4.99 Å². The third-order valence-electron chi connectivity index (χ3n) is 4.73. The highest BCUT2D eigenvalue weighted by atomic mass is 127. The van der Waals surface area contributed by atoms with Crippen molar-refractivity contribution in [3.05, 3.63) is 59.4 Å². The molecule has 12 heteroatoms. The standard InChI is InChI=1S/C20H20F5N5O.HI/c1-26-20(27-9-16(31)29-15-6-5-12(21)17(24)18(15)25)28-11-7-8-30(10-11)19-13(22)3-2-4-14(19)23;/h2-6,11H,7-10H2,1H3,(H,29,31)(H2,26,27,28);1H. The van der Waals surface area contributed by atoms with Crippen molar-refractivity contribution in [3.8, 4) is 0 Å². The van der Waals surface area contributed by atoms with Crippen LogP contribution in [0, 0.1) is 29.1 Å². The van der Waals surface area contributed by atoms with Crippen LogP contribution in [0.1, 0.15) is 6.42 Å². The molecule has 0 aromatic heterocycles. The van der Waals surface area contributed by atoms with Crippen LogP contribution < -0.4 is 20.9 Å². The van der Waals surface area contributed by atoms with E-state index in [0.717, 1.165) is 6.07 Å². The summed E-state index contributed by atoms with van der Waals surface area (Å²) in [6.07, 6.45) is 0.570. The zero-order valence-electron chi connectivity index (χ0n) is 16.9. The number of para-hydroxylation sites is 1. The molecule has 1 saturated heterocycles. The highest BCUT2D eigenvalue weighted by molar-refractivity contribution is 14.0. The van der Waals surface area contributed by atoms with E-state index < -0.39 is 40.7 Å². The molecule has 3 rings (SSSR count). The van der Waals surface area contributed by atoms with Gasteiger partial charge in [-0.05, 0) is 30.7 Å². The van der Waals surface area contributed by atoms with E-state index in [0.29, 0.717) is 25.6 Å². The summed E-state index contributed by atoms with van der Waals surface area (Å²) in [6.45, 7) is 0.393. The molecule has 0 spiro atoms. The van der Waals surface area contributed by atoms with Gasteiger partial charge in [-0.3, -0.25) is 9.79 Å². The number of benzene rings is 2. The number of nitrogens with zero attached hydrogens (tertiary/aromatic N) is 2. The van der Waals surface area contributed by atoms with E-state index in [-0.39, 0.29) is 48.2 Å². The third-order valence-corrected chi connectivity index (χ3v) is 4.73. The summed E-state index contributed by atoms with van der Waals surface area (Å²) in [6, 6.07) is 5.09. The first-order chi connectivity index (χ1) is 14.8. The minimum Gasteiger partial charge on any atom is -0.365 e. The van der Waals surface area contributed by atoms with Crippen molar-refractivity contribution < 1.29 is 26.7 Å². The summed E-state index contributed by atoms with van der Waals surface area (Å²) in [4.78, 5) is 17.5. The van der Waals surface area contributed by atoms with Crippen LogP contribution in [0.2, 0.25) is 0 Å². The molecule has 1 aliphatic rings. The van der Waals surface area contributed by atoms with Crippen molar-refractivity contribution >= 4 is 47.2 Å². The van der Waals surface area contributed by atoms with E-state index in [9.17, 15) is 26.7 Å². The molecule has 1 aliphatic heterocycles. The van der Waals surface area contributed by atoms with Gasteiger partial charge in [-0.1, -0.05) is 6.07 Å². The number of aliphatic imine (C=N–C) groups is 1. The van der Waals surface area contributed by atoms with Crippen molar-refractivity contribution in [1.82, 2.24) is 10.6 Å². The van der Waals surface area contributed by atoms with Crippen LogP contribution in [0.15, 0.2) is 35.3 Å². The van der Waals surface area contributed by atoms with E-state index in [1.165, 1.54) is 25.2 Å². The Hall–Kier alpha value is -2.64. The second-order valence-corrected chi connectivity index (χ2v) is 6.84. The van der Waals surface area contributed by atoms with E-state index in [1.54, 1.807) is 4.90 Å². The molecule has 0 aliphatic carbocycles. The summed E-state index contributed by atoms with van der Waals surface area (Å²) in [5.74, 6) is -6.31. The number of amides is 1. The topological polar surface area (TPSA) is 68.8 Å². The number of halogens is 6. The fraction of sp³-hybridized carbons (Fsp3) is 0.300. The highest BCUT2D eigenvalue weighted by Gasteiger charge is 2.27. The lowest BCUT2D eigenvalue weighted by Gasteiger charge is -2.21. The summed E-state index contributed by atoms with van der Waals surface area (Å²) >= 11 is 0. The van der Waals surface area contributed by atoms with Crippen LogP contribution in [-0.2, 0) is 4.79 Å². The van der Waals surface area contributed by atoms with Crippen molar-refractivity contribution in [3.63, 3.8) is 0 Å². The lowest BCUT2D eigenvalue weighted by molar-refractivity contribution is -0.115. The molecular weight excluding hydrogens is 548 g/mol. The fourth-order valence-corrected chi connectivity index (χ4v) is 3.24. The molecule has 1 amide bonds. The minimum absolute atomic E-state index is 0. The fourth-order valence-electron chi connectivity index (χ4n) is 3.24. The van der Waals surface area contributed by atoms with E-state index in [1.807, 2.05) is 0 Å². The Bertz CT molecular complexity index is 986. The molecule has 174 valence electrons. The van der Waals surface area contributed by atoms with Crippen LogP contribution >= 0.6 is 24.0 Å². The Kier molecular flexibility index (Phi) is 9.04. The van der Waals surface area contributed by atoms with Gasteiger partial charge < -0.3 is 20.9 Å². The molecule has 32 heavy (non-hydrogen) atoms. The molecule has 1 unspecified atom stereocenters. The van der Waals surface area contributed by atoms with Gasteiger partial charge in [0.1, 0.15) is 17.3 Å². The molecular formula is C20H21F5IN5O. The Morgan fingerprint density at radius 3 is 2.41 bits per heavy atom. The van der Waals surface area contributed by atoms with Gasteiger partial charge in [-0.15, -0.1) is 24.0 Å². The van der Waals surface area contributed by atoms with Crippen molar-refractivity contribution in [2.45, 2.75) is 12.5 Å². The minimum atomic E-state index is -1.68. The van der Waals surface area contributed by atoms with Gasteiger partial charge in [-0.25, -0.2) is 22.0 Å². The normalized spacial score (nSPS) is 15.9. The van der Waals surface area contributed by atoms with Gasteiger partial charge in [-0.2, -0.15) is 0 Å². The molecule has 1 atom stereocenters. The summed E-state index contributed by atoms with van der Waals surface area (Å²) < 4.78 is 67.8. The van der Waals surface area contributed by atoms with Gasteiger partial charge in [0, 0.05) is 26.2 Å². The Balaban J connectivity index is 0.00000363. The first-order valence-corrected chi connectivity index (χ1v) is 9.39. The SMILES string of the molecule is CN=C(NCC(=O)Nc1ccc(F)c(F)c1F)NC1CCN(c2c(F)cccc2F)C1.I. The van der Waals surface area contributed by atoms with Crippen molar-refractivity contribution in [2.75, 3.05) is 36.9 Å². The van der Waals surface area contributed by atoms with Crippen molar-refractivity contribution in [1.29, 1.82) is 0 Å². The van der Waals surface area contributed by atoms with E-state index >= 15 is 0 Å². The van der Waals surface area contributed by atoms with Gasteiger partial charge in [0.15, 0.2) is 23.4 Å². The van der Waals surface area contributed by atoms with Crippen LogP contribution in [0.5, 0.6) is 0 Å². The zero-order chi connectivity index (χ0) is 22.5. The smallest absolute Gasteiger partial charge is 0.243 e. The predicted octanol–water partition coefficient (Wildman–Crippen LogP) is 3.38. The molecule has 0 saturated carbocycles. The number of nitrogens with one attached hydrogen (secondary N) is 3. The van der Waals surface area contributed by atoms with Crippen LogP contribution in [0.25, 0.3) is 0 Å². The second kappa shape index (κ2) is 11.3. The molecule has 6 nitrogen and oxygen atoms in total. The third kappa shape index (κ3) is 5.99. The number of anilines is 2. The zero-order valence-corrected chi connectivity index (χ0v) is 19.2. The maximum atomic E-state index is 14.0. The Labute approximate surface area is 198 Å². The number of guanidine groups is 1. The highest BCUT2D eigenvalue weighted by Crippen LogP contribution is 2.26. The first kappa shape index (κ1) is 25.6. The number of carbonyl (C=O) groups excluding carboxylic acids is 1. The summed E-state index contributed by atoms with van der Waals surface area (Å²) in [5, 5.41) is 7.88. The van der Waals surface area contributed by atoms with Crippen LogP contribution in [0.3, 0.4) is 0 Å². The molecule has 0 bridgehead atoms. The van der Waals surface area contributed by atoms with Gasteiger partial charge in [0.05, 0.1) is 12.2 Å². The Morgan fingerprint density at radius 1 is 1.06 bits per heavy atom. The average molecular weight is 569 g/mol. The quantitative estimate of drug-likeness (QED) is 0.170. The number of carbonyl (C=O) groups is 1. The molecule has 2 aromatic rings. The molecule has 0 radical (unpaired) electrons. The monoisotopic (exact) mass is 569 g/mol. The van der Waals surface area contributed by atoms with Crippen LogP contribution in [-0.4, -0.2) is 44.6 Å². The first-order valence-electron chi connectivity index (χ1n) is 9.39. The van der Waals surface area contributed by atoms with Gasteiger partial charge in [0.2, 0.25) is 5.91 Å². The van der Waals surface area contributed by atoms with Gasteiger partial charge in [0.25, 0.3) is 0 Å². The summed E-state index contributed by atoms with van der Waals surface area (Å²) in [7, 11) is 1.46. The molecule has 3 N–H and O–H groups in total. The number of hydrogen-bond donors (Lipinski definition) is 3.